The van der Waals surface area contributed by atoms with Crippen LogP contribution in [0.1, 0.15) is 218 Å². The molecule has 0 radical (unpaired) electrons. The van der Waals surface area contributed by atoms with Gasteiger partial charge in [-0.25, -0.2) is 30.0 Å². The number of fused-ring (bicyclic) bond motifs is 2. The highest BCUT2D eigenvalue weighted by Crippen LogP contribution is 2.38. The SMILES string of the molecule is CCCC(=O)OCN(C(=O)[C@@H](CC(=O)[C@H]1CCCCN1C)C(C)CC)[C@H](C[C@@H](OC(C)=O)c1nc(C(=O)N[C@H]2Cc3ccc(O)cc3[C@H](C(=O)NNC(=O)OCCSSC[C@H](CC(=O)[C@H](CC(=O)O)NC(=O)[C@H](CC(=O)O)CC(=O)[C@H](CCCNC(=N)N)NC(=O)[C@H](CC(=O)O)CC(=O)CC[C@H](NC(=O)c3ccc(NCc4cnc5nc(N)[nH]c(=O)c5n4)cc3)C(=O)O)C(=O)O)C2)cs1)C(C)C. The number of carbonyl (C=O) groups excluding carboxylic acids is 13. The van der Waals surface area contributed by atoms with Crippen molar-refractivity contribution in [3.8, 4) is 5.75 Å². The second-order valence-electron chi connectivity index (χ2n) is 33.7. The van der Waals surface area contributed by atoms with E-state index in [1.54, 1.807) is 13.0 Å². The van der Waals surface area contributed by atoms with Gasteiger partial charge in [-0.05, 0) is 124 Å². The fourth-order valence-corrected chi connectivity index (χ4v) is 18.5. The van der Waals surface area contributed by atoms with Crippen molar-refractivity contribution in [1.29, 1.82) is 5.41 Å². The number of carbonyl (C=O) groups is 18. The molecular weight excluding hydrogens is 1850 g/mol. The molecule has 2 aromatic carbocycles. The Hall–Kier alpha value is -13.3. The number of aromatic amines is 1. The molecule has 5 aromatic rings. The maximum absolute atomic E-state index is 15.1. The fraction of sp³-hybridized carbons (Fsp3) is 0.545. The number of ketones is 4. The third-order valence-corrected chi connectivity index (χ3v) is 26.3. The van der Waals surface area contributed by atoms with Crippen molar-refractivity contribution in [2.24, 2.45) is 41.2 Å². The van der Waals surface area contributed by atoms with E-state index in [-0.39, 0.29) is 139 Å². The third-order valence-electron chi connectivity index (χ3n) is 23.0. The molecular formula is C88H118N18O28S3. The first-order valence-electron chi connectivity index (χ1n) is 44.4. The van der Waals surface area contributed by atoms with Crippen LogP contribution >= 0.6 is 32.9 Å². The number of nitrogens with two attached hydrogens (primary N) is 2. The lowest BCUT2D eigenvalue weighted by molar-refractivity contribution is -0.162. The predicted molar refractivity (Wildman–Crippen MR) is 494 cm³/mol. The normalized spacial score (nSPS) is 16.2. The van der Waals surface area contributed by atoms with E-state index in [2.05, 4.69) is 67.7 Å². The molecule has 1 aliphatic heterocycles. The van der Waals surface area contributed by atoms with Crippen molar-refractivity contribution in [2.75, 3.05) is 56.0 Å². The van der Waals surface area contributed by atoms with E-state index in [1.807, 2.05) is 39.6 Å². The molecule has 49 heteroatoms. The van der Waals surface area contributed by atoms with Gasteiger partial charge in [-0.3, -0.25) is 102 Å². The highest BCUT2D eigenvalue weighted by Gasteiger charge is 2.43. The number of anilines is 2. The number of nitrogens with one attached hydrogen (secondary N) is 10. The number of guanidine groups is 1. The van der Waals surface area contributed by atoms with Gasteiger partial charge in [-0.2, -0.15) is 4.98 Å². The molecule has 2 aliphatic rings. The number of carboxylic acids is 5. The molecule has 3 aromatic heterocycles. The van der Waals surface area contributed by atoms with Gasteiger partial charge >= 0.3 is 47.9 Å². The Kier molecular flexibility index (Phi) is 44.0. The van der Waals surface area contributed by atoms with E-state index in [0.717, 1.165) is 52.3 Å². The minimum atomic E-state index is -2.03. The first kappa shape index (κ1) is 111. The number of hydrogen-bond acceptors (Lipinski definition) is 34. The number of phenols is 1. The van der Waals surface area contributed by atoms with Crippen molar-refractivity contribution < 1.29 is 131 Å². The van der Waals surface area contributed by atoms with Gasteiger partial charge in [0.1, 0.15) is 34.9 Å². The molecule has 7 rings (SSSR count). The van der Waals surface area contributed by atoms with E-state index in [9.17, 15) is 117 Å². The van der Waals surface area contributed by atoms with Crippen molar-refractivity contribution >= 4 is 168 Å². The molecule has 7 amide bonds. The lowest BCUT2D eigenvalue weighted by Gasteiger charge is -2.39. The Morgan fingerprint density at radius 1 is 0.745 bits per heavy atom. The second kappa shape index (κ2) is 54.4. The zero-order valence-corrected chi connectivity index (χ0v) is 79.0. The Labute approximate surface area is 798 Å². The quantitative estimate of drug-likeness (QED) is 0.00374. The van der Waals surface area contributed by atoms with Gasteiger partial charge in [-0.15, -0.1) is 11.3 Å². The highest BCUT2D eigenvalue weighted by atomic mass is 33.1. The van der Waals surface area contributed by atoms with Crippen LogP contribution in [0.25, 0.3) is 11.2 Å². The van der Waals surface area contributed by atoms with E-state index < -0.39 is 236 Å². The van der Waals surface area contributed by atoms with Gasteiger partial charge in [0, 0.05) is 105 Å². The summed E-state index contributed by atoms with van der Waals surface area (Å²) >= 11 is 1.01. The van der Waals surface area contributed by atoms with Crippen LogP contribution in [-0.4, -0.2) is 259 Å². The van der Waals surface area contributed by atoms with Crippen LogP contribution < -0.4 is 59.8 Å². The van der Waals surface area contributed by atoms with Crippen LogP contribution in [0, 0.1) is 40.9 Å². The van der Waals surface area contributed by atoms with Crippen molar-refractivity contribution in [3.63, 3.8) is 0 Å². The number of likely N-dealkylation sites (N-methyl/N-ethyl adjacent to an activating group) is 1. The molecule has 746 valence electrons. The number of amides is 7. The van der Waals surface area contributed by atoms with Crippen molar-refractivity contribution in [2.45, 2.75) is 225 Å². The van der Waals surface area contributed by atoms with Gasteiger partial charge < -0.3 is 93.1 Å². The van der Waals surface area contributed by atoms with Crippen molar-refractivity contribution in [1.82, 2.24) is 72.2 Å². The monoisotopic (exact) mass is 1970 g/mol. The van der Waals surface area contributed by atoms with E-state index in [1.165, 1.54) is 59.8 Å². The van der Waals surface area contributed by atoms with E-state index in [4.69, 9.17) is 31.1 Å². The largest absolute Gasteiger partial charge is 0.508 e. The van der Waals surface area contributed by atoms with Crippen molar-refractivity contribution in [3.05, 3.63) is 97.5 Å². The van der Waals surface area contributed by atoms with Crippen LogP contribution in [0.4, 0.5) is 16.4 Å². The predicted octanol–water partition coefficient (Wildman–Crippen LogP) is 4.42. The first-order chi connectivity index (χ1) is 64.9. The molecule has 0 saturated carbocycles. The lowest BCUT2D eigenvalue weighted by Crippen LogP contribution is -2.50. The number of hydrogen-bond donors (Lipinski definition) is 18. The summed E-state index contributed by atoms with van der Waals surface area (Å²) in [5.41, 5.74) is 16.4. The summed E-state index contributed by atoms with van der Waals surface area (Å²) in [6.07, 6.45) is -5.24. The average molecular weight is 1970 g/mol. The van der Waals surface area contributed by atoms with Crippen LogP contribution in [0.15, 0.2) is 58.8 Å². The standard InChI is InChI=1S/C88H118N18O28S3/c1-8-13-73(119)133-43-106(83(126)57(45(5)9-2)36-68(112)64-15-10-11-25-105(64)7)65(44(3)4)38-69(134-46(6)107)82-100-63(42-135-82)80(124)96-53-28-48-18-21-56(109)35-58(48)59(34-53)79(123)103-104-88(131)132-26-27-136-137-41-51(84(127)128)31-67(111)62(37-72(117)118)99-78(122)50(33-71(115)116)30-66(110)60(14-12-24-92-86(89)90)97-77(121)49(32-70(113)114)29-55(108)22-23-61(85(129)130)98-76(120)47-16-19-52(20-17-47)93-39-54-40-94-75-74(95-54)81(125)102-87(91)101-75/h16-21,35,40,42,44-45,49-51,53,57,59-62,64-65,69,93,109H,8-15,22-34,36-39,41,43H2,1-7H3,(H,96,124)(H,97,121)(H,98,120)(H,99,122)(H,103,123)(H,104,131)(H,113,114)(H,115,116)(H,117,118)(H,127,128)(H,129,130)(H4,89,90,92)(H3,91,94,101,102,125)/t45?,49-,50-,51-,53-,57-,59+,60-,61-,62-,64+,65+,69+/m0/s1. The number of thiazole rings is 1. The molecule has 1 fully saturated rings. The molecule has 0 spiro atoms. The fourth-order valence-electron chi connectivity index (χ4n) is 15.5. The number of ether oxygens (including phenoxy) is 3. The number of aromatic nitrogens is 5. The average Bonchev–Trinajstić information content (AvgIpc) is 1.67. The molecule has 0 bridgehead atoms. The number of nitrogens with zero attached hydrogens (tertiary/aromatic N) is 6. The first-order valence-corrected chi connectivity index (χ1v) is 47.7. The Bertz CT molecular complexity index is 5260. The maximum atomic E-state index is 15.1. The number of rotatable bonds is 57. The number of aromatic hydroxyl groups is 1. The summed E-state index contributed by atoms with van der Waals surface area (Å²) in [6.45, 7) is 10.4. The number of aliphatic carboxylic acids is 5. The number of esters is 2. The minimum absolute atomic E-state index is 0.0145. The zero-order valence-electron chi connectivity index (χ0n) is 76.6. The molecule has 20 N–H and O–H groups in total. The number of piperidine rings is 1. The van der Waals surface area contributed by atoms with Crippen LogP contribution in [0.3, 0.4) is 0 Å². The number of nitrogen functional groups attached to an aromatic ring is 1. The number of phenolic OH excluding ortho intramolecular Hbond substituents is 1. The van der Waals surface area contributed by atoms with E-state index >= 15 is 4.79 Å². The molecule has 46 nitrogen and oxygen atoms in total. The molecule has 1 unspecified atom stereocenters. The third kappa shape index (κ3) is 35.7. The van der Waals surface area contributed by atoms with Gasteiger partial charge in [0.2, 0.25) is 29.6 Å². The molecule has 1 aliphatic carbocycles. The zero-order chi connectivity index (χ0) is 101. The number of carboxylic acid groups (broad SMARTS) is 5. The summed E-state index contributed by atoms with van der Waals surface area (Å²) < 4.78 is 16.8. The summed E-state index contributed by atoms with van der Waals surface area (Å²) in [5, 5.41) is 84.8. The highest BCUT2D eigenvalue weighted by molar-refractivity contribution is 8.76. The molecule has 13 atom stereocenters. The smallest absolute Gasteiger partial charge is 0.426 e. The van der Waals surface area contributed by atoms with Crippen LogP contribution in [0.5, 0.6) is 5.75 Å². The topological polar surface area (TPSA) is 719 Å². The Balaban J connectivity index is 0.904. The number of hydrazine groups is 1. The summed E-state index contributed by atoms with van der Waals surface area (Å²) in [4.78, 5) is 276. The Morgan fingerprint density at radius 2 is 1.42 bits per heavy atom. The van der Waals surface area contributed by atoms with Gasteiger partial charge in [-0.1, -0.05) is 75.1 Å². The van der Waals surface area contributed by atoms with E-state index in [0.29, 0.717) is 41.8 Å². The van der Waals surface area contributed by atoms with Crippen LogP contribution in [0.2, 0.25) is 0 Å². The lowest BCUT2D eigenvalue weighted by atomic mass is 9.79. The number of benzene rings is 2. The number of Topliss-reactive ketones (excluding diaryl/α,β-unsaturated/α-hetero) is 4. The maximum Gasteiger partial charge on any atom is 0.426 e. The number of H-pyrrole nitrogens is 1. The van der Waals surface area contributed by atoms with Crippen LogP contribution in [-0.2, 0) is 99.1 Å². The summed E-state index contributed by atoms with van der Waals surface area (Å²) in [6, 6.07) is 2.62. The van der Waals surface area contributed by atoms with Gasteiger partial charge in [0.15, 0.2) is 47.3 Å². The van der Waals surface area contributed by atoms with Gasteiger partial charge in [0.25, 0.3) is 17.4 Å². The number of likely N-dealkylation sites (tertiary alicyclic amines) is 1. The second-order valence-corrected chi connectivity index (χ2v) is 37.2. The molecule has 137 heavy (non-hydrogen) atoms. The summed E-state index contributed by atoms with van der Waals surface area (Å²) in [5.74, 6) is -27.0. The summed E-state index contributed by atoms with van der Waals surface area (Å²) in [7, 11) is 3.72. The molecule has 4 heterocycles. The van der Waals surface area contributed by atoms with Gasteiger partial charge in [0.05, 0.1) is 79.5 Å². The molecule has 1 saturated heterocycles. The Morgan fingerprint density at radius 3 is 2.05 bits per heavy atom. The minimum Gasteiger partial charge on any atom is -0.508 e.